The number of halogens is 5. The van der Waals surface area contributed by atoms with Crippen molar-refractivity contribution in [2.45, 2.75) is 35.2 Å². The lowest BCUT2D eigenvalue weighted by Gasteiger charge is -2.37. The van der Waals surface area contributed by atoms with E-state index >= 15 is 0 Å². The first-order valence-corrected chi connectivity index (χ1v) is 10.8. The van der Waals surface area contributed by atoms with Crippen LogP contribution in [0.15, 0.2) is 12.1 Å². The van der Waals surface area contributed by atoms with Crippen LogP contribution in [0.3, 0.4) is 0 Å². The molecule has 0 radical (unpaired) electrons. The maximum absolute atomic E-state index is 12.6. The topological polar surface area (TPSA) is 70.1 Å². The average molecular weight is 535 g/mol. The molecule has 1 aliphatic carbocycles. The minimum absolute atomic E-state index is 0.0996. The number of carbonyl (C=O) groups excluding carboxylic acids is 2. The van der Waals surface area contributed by atoms with E-state index in [9.17, 15) is 14.7 Å². The van der Waals surface area contributed by atoms with Crippen molar-refractivity contribution >= 4 is 80.1 Å². The number of ether oxygens (including phenoxy) is 1. The summed E-state index contributed by atoms with van der Waals surface area (Å²) in [6.07, 6.45) is -1.03. The van der Waals surface area contributed by atoms with Crippen LogP contribution in [0.4, 0.5) is 10.5 Å². The van der Waals surface area contributed by atoms with Crippen molar-refractivity contribution in [1.29, 1.82) is 0 Å². The summed E-state index contributed by atoms with van der Waals surface area (Å²) in [6, 6.07) is 2.93. The minimum atomic E-state index is -1.71. The first-order chi connectivity index (χ1) is 13.0. The van der Waals surface area contributed by atoms with Crippen LogP contribution >= 0.6 is 62.6 Å². The van der Waals surface area contributed by atoms with Gasteiger partial charge >= 0.3 is 6.09 Å². The first-order valence-electron chi connectivity index (χ1n) is 8.40. The van der Waals surface area contributed by atoms with E-state index in [1.807, 2.05) is 0 Å². The molecular formula is C17H17BrCl4N2O4. The number of nitrogens with zero attached hydrogens (tertiary/aromatic N) is 2. The van der Waals surface area contributed by atoms with Gasteiger partial charge in [0.25, 0.3) is 0 Å². The fourth-order valence-corrected chi connectivity index (χ4v) is 4.72. The number of anilines is 1. The molecule has 1 aliphatic heterocycles. The summed E-state index contributed by atoms with van der Waals surface area (Å²) in [7, 11) is 0. The van der Waals surface area contributed by atoms with E-state index in [-0.39, 0.29) is 17.7 Å². The van der Waals surface area contributed by atoms with E-state index in [0.29, 0.717) is 29.8 Å². The average Bonchev–Trinajstić information content (AvgIpc) is 2.98. The van der Waals surface area contributed by atoms with Crippen LogP contribution in [0, 0.1) is 0 Å². The van der Waals surface area contributed by atoms with E-state index < -0.39 is 28.6 Å². The molecule has 1 heterocycles. The molecule has 3 unspecified atom stereocenters. The number of Topliss-reactive ketones (excluding diaryl/α,β-unsaturated/α-hetero) is 1. The van der Waals surface area contributed by atoms with E-state index in [4.69, 9.17) is 51.1 Å². The van der Waals surface area contributed by atoms with Gasteiger partial charge in [-0.25, -0.2) is 8.72 Å². The molecule has 154 valence electrons. The first kappa shape index (κ1) is 22.4. The van der Waals surface area contributed by atoms with Gasteiger partial charge in [0, 0.05) is 34.2 Å². The van der Waals surface area contributed by atoms with Gasteiger partial charge in [-0.3, -0.25) is 9.69 Å². The Morgan fingerprint density at radius 3 is 2.61 bits per heavy atom. The maximum atomic E-state index is 12.6. The predicted molar refractivity (Wildman–Crippen MR) is 113 cm³/mol. The van der Waals surface area contributed by atoms with Crippen LogP contribution < -0.4 is 4.90 Å². The van der Waals surface area contributed by atoms with Gasteiger partial charge in [0.2, 0.25) is 3.79 Å². The second kappa shape index (κ2) is 8.46. The van der Waals surface area contributed by atoms with Crippen LogP contribution in [0.2, 0.25) is 0 Å². The van der Waals surface area contributed by atoms with Crippen LogP contribution in [0.1, 0.15) is 46.8 Å². The van der Waals surface area contributed by atoms with E-state index in [0.717, 1.165) is 5.56 Å². The van der Waals surface area contributed by atoms with Crippen LogP contribution in [-0.4, -0.2) is 50.0 Å². The summed E-state index contributed by atoms with van der Waals surface area (Å²) >= 11 is 26.3. The Hall–Kier alpha value is -0.280. The lowest BCUT2D eigenvalue weighted by molar-refractivity contribution is 0.0782. The number of alkyl halides is 4. The Bertz CT molecular complexity index is 804. The predicted octanol–water partition coefficient (Wildman–Crippen LogP) is 4.91. The molecule has 3 rings (SSSR count). The summed E-state index contributed by atoms with van der Waals surface area (Å²) in [5.41, 5.74) is 2.61. The quantitative estimate of drug-likeness (QED) is 0.257. The van der Waals surface area contributed by atoms with E-state index in [1.165, 1.54) is 11.8 Å². The highest BCUT2D eigenvalue weighted by atomic mass is 79.9. The molecule has 6 nitrogen and oxygen atoms in total. The highest BCUT2D eigenvalue weighted by Gasteiger charge is 2.46. The van der Waals surface area contributed by atoms with Crippen molar-refractivity contribution in [3.8, 4) is 0 Å². The molecule has 0 aromatic heterocycles. The zero-order valence-electron chi connectivity index (χ0n) is 14.7. The molecule has 0 bridgehead atoms. The molecule has 0 saturated carbocycles. The number of amides is 1. The molecule has 28 heavy (non-hydrogen) atoms. The number of ketones is 1. The Kier molecular flexibility index (Phi) is 6.77. The zero-order chi connectivity index (χ0) is 20.8. The molecule has 2 aliphatic rings. The van der Waals surface area contributed by atoms with E-state index in [1.54, 1.807) is 16.1 Å². The van der Waals surface area contributed by atoms with Crippen LogP contribution in [0.25, 0.3) is 0 Å². The summed E-state index contributed by atoms with van der Waals surface area (Å²) in [5.74, 6) is -0.282. The van der Waals surface area contributed by atoms with Crippen molar-refractivity contribution in [3.05, 3.63) is 28.8 Å². The van der Waals surface area contributed by atoms with Crippen molar-refractivity contribution < 1.29 is 19.4 Å². The maximum Gasteiger partial charge on any atom is 0.414 e. The number of rotatable bonds is 4. The summed E-state index contributed by atoms with van der Waals surface area (Å²) in [4.78, 5) is 26.3. The number of aliphatic hydroxyl groups is 1. The van der Waals surface area contributed by atoms with Crippen molar-refractivity contribution in [2.24, 2.45) is 0 Å². The summed E-state index contributed by atoms with van der Waals surface area (Å²) in [5, 5.41) is 10.8. The molecule has 1 aromatic carbocycles. The summed E-state index contributed by atoms with van der Waals surface area (Å²) < 4.78 is 5.00. The lowest BCUT2D eigenvalue weighted by atomic mass is 9.76. The SMILES string of the molecule is CC(=O)c1ccc2c3c1C(N(Br)CCl)C(O)CC3CN2C(=O)OCC(Cl)(Cl)Cl. The monoisotopic (exact) mass is 532 g/mol. The van der Waals surface area contributed by atoms with Crippen molar-refractivity contribution in [3.63, 3.8) is 0 Å². The van der Waals surface area contributed by atoms with Gasteiger partial charge in [0.05, 0.1) is 23.8 Å². The Morgan fingerprint density at radius 1 is 1.36 bits per heavy atom. The summed E-state index contributed by atoms with van der Waals surface area (Å²) in [6.45, 7) is 1.37. The number of hydrogen-bond donors (Lipinski definition) is 1. The molecule has 1 aromatic rings. The molecule has 1 amide bonds. The normalized spacial score (nSPS) is 23.7. The third kappa shape index (κ3) is 4.26. The van der Waals surface area contributed by atoms with Crippen molar-refractivity contribution in [1.82, 2.24) is 3.93 Å². The van der Waals surface area contributed by atoms with Gasteiger partial charge < -0.3 is 9.84 Å². The van der Waals surface area contributed by atoms with E-state index in [2.05, 4.69) is 16.1 Å². The number of aliphatic hydroxyl groups excluding tert-OH is 1. The Labute approximate surface area is 190 Å². The number of hydrogen-bond acceptors (Lipinski definition) is 5. The number of benzene rings is 1. The van der Waals surface area contributed by atoms with Crippen LogP contribution in [-0.2, 0) is 4.74 Å². The molecule has 0 spiro atoms. The lowest BCUT2D eigenvalue weighted by Crippen LogP contribution is -2.37. The van der Waals surface area contributed by atoms with Gasteiger partial charge in [-0.05, 0) is 36.6 Å². The van der Waals surface area contributed by atoms with Gasteiger partial charge in [0.15, 0.2) is 5.78 Å². The Morgan fingerprint density at radius 2 is 2.04 bits per heavy atom. The van der Waals surface area contributed by atoms with Crippen LogP contribution in [0.5, 0.6) is 0 Å². The molecular weight excluding hydrogens is 518 g/mol. The highest BCUT2D eigenvalue weighted by Crippen LogP contribution is 2.51. The fourth-order valence-electron chi connectivity index (χ4n) is 3.93. The van der Waals surface area contributed by atoms with Crippen molar-refractivity contribution in [2.75, 3.05) is 24.1 Å². The van der Waals surface area contributed by atoms with Gasteiger partial charge in [0.1, 0.15) is 6.61 Å². The molecule has 0 saturated heterocycles. The molecule has 0 fully saturated rings. The fraction of sp³-hybridized carbons (Fsp3) is 0.529. The standard InChI is InChI=1S/C17H17BrCl4N2O4/c1-8(25)10-2-3-11-13-9(4-12(26)15(14(10)13)24(18)7-19)5-23(11)16(27)28-6-17(20,21)22/h2-3,9,12,15,26H,4-7H2,1H3. The third-order valence-corrected chi connectivity index (χ3v) is 6.49. The third-order valence-electron chi connectivity index (χ3n) is 4.93. The van der Waals surface area contributed by atoms with Gasteiger partial charge in [-0.2, -0.15) is 0 Å². The molecule has 1 N–H and O–H groups in total. The molecule has 11 heteroatoms. The Balaban J connectivity index is 2.05. The minimum Gasteiger partial charge on any atom is -0.445 e. The zero-order valence-corrected chi connectivity index (χ0v) is 19.3. The number of carbonyl (C=O) groups is 2. The second-order valence-corrected chi connectivity index (χ2v) is 10.4. The second-order valence-electron chi connectivity index (χ2n) is 6.76. The van der Waals surface area contributed by atoms with Gasteiger partial charge in [-0.1, -0.05) is 34.8 Å². The smallest absolute Gasteiger partial charge is 0.414 e. The highest BCUT2D eigenvalue weighted by molar-refractivity contribution is 9.07. The molecule has 3 atom stereocenters. The van der Waals surface area contributed by atoms with Gasteiger partial charge in [-0.15, -0.1) is 11.6 Å². The largest absolute Gasteiger partial charge is 0.445 e.